The van der Waals surface area contributed by atoms with Crippen LogP contribution in [0, 0.1) is 5.82 Å². The highest BCUT2D eigenvalue weighted by atomic mass is 19.1. The van der Waals surface area contributed by atoms with Gasteiger partial charge in [-0.1, -0.05) is 6.07 Å². The van der Waals surface area contributed by atoms with Crippen molar-refractivity contribution in [3.63, 3.8) is 0 Å². The van der Waals surface area contributed by atoms with Gasteiger partial charge in [-0.15, -0.1) is 0 Å². The second kappa shape index (κ2) is 6.17. The summed E-state index contributed by atoms with van der Waals surface area (Å²) in [5, 5.41) is 0. The number of carbonyl (C=O) groups excluding carboxylic acids is 2. The van der Waals surface area contributed by atoms with E-state index in [4.69, 9.17) is 5.73 Å². The summed E-state index contributed by atoms with van der Waals surface area (Å²) in [5.74, 6) is -1.29. The molecule has 0 unspecified atom stereocenters. The third kappa shape index (κ3) is 3.43. The van der Waals surface area contributed by atoms with Crippen molar-refractivity contribution in [1.29, 1.82) is 0 Å². The molecule has 0 aliphatic rings. The monoisotopic (exact) mass is 267 g/mol. The number of amides is 2. The fourth-order valence-corrected chi connectivity index (χ4v) is 1.53. The van der Waals surface area contributed by atoms with Crippen LogP contribution in [0.3, 0.4) is 0 Å². The molecule has 0 saturated heterocycles. The number of nitrogens with zero attached hydrogens (tertiary/aromatic N) is 2. The van der Waals surface area contributed by atoms with Crippen molar-refractivity contribution in [3.05, 3.63) is 29.6 Å². The predicted octanol–water partition coefficient (Wildman–Crippen LogP) is 0.958. The third-order valence-electron chi connectivity index (χ3n) is 2.78. The second-order valence-electron chi connectivity index (χ2n) is 4.31. The Balaban J connectivity index is 2.96. The Kier molecular flexibility index (Phi) is 4.86. The van der Waals surface area contributed by atoms with E-state index in [2.05, 4.69) is 0 Å². The molecule has 1 aromatic rings. The maximum absolute atomic E-state index is 13.3. The third-order valence-corrected chi connectivity index (χ3v) is 2.78. The topological polar surface area (TPSA) is 66.6 Å². The lowest BCUT2D eigenvalue weighted by Crippen LogP contribution is -2.40. The summed E-state index contributed by atoms with van der Waals surface area (Å²) >= 11 is 0. The molecule has 5 nitrogen and oxygen atoms in total. The van der Waals surface area contributed by atoms with Gasteiger partial charge in [-0.25, -0.2) is 4.39 Å². The molecule has 1 aromatic carbocycles. The minimum atomic E-state index is -0.638. The van der Waals surface area contributed by atoms with E-state index in [1.165, 1.54) is 28.0 Å². The molecule has 0 spiro atoms. The zero-order chi connectivity index (χ0) is 14.6. The average Bonchev–Trinajstić information content (AvgIpc) is 2.38. The highest BCUT2D eigenvalue weighted by Gasteiger charge is 2.21. The molecular formula is C13H18FN3O2. The highest BCUT2D eigenvalue weighted by molar-refractivity contribution is 6.00. The Bertz CT molecular complexity index is 489. The number of benzene rings is 1. The Morgan fingerprint density at radius 2 is 1.95 bits per heavy atom. The molecule has 2 amide bonds. The molecule has 0 heterocycles. The van der Waals surface area contributed by atoms with Crippen LogP contribution in [0.1, 0.15) is 17.3 Å². The molecule has 104 valence electrons. The van der Waals surface area contributed by atoms with Gasteiger partial charge in [-0.3, -0.25) is 9.59 Å². The molecule has 1 rings (SSSR count). The van der Waals surface area contributed by atoms with Crippen LogP contribution in [-0.4, -0.2) is 48.8 Å². The van der Waals surface area contributed by atoms with Crippen molar-refractivity contribution in [2.75, 3.05) is 32.9 Å². The standard InChI is InChI=1S/C13H18FN3O2/c1-4-17(8-11(18)16(2)3)13(19)9-6-5-7-10(14)12(9)15/h5-7H,4,8,15H2,1-3H3. The Hall–Kier alpha value is -2.11. The lowest BCUT2D eigenvalue weighted by atomic mass is 10.1. The van der Waals surface area contributed by atoms with Gasteiger partial charge in [0.1, 0.15) is 5.82 Å². The summed E-state index contributed by atoms with van der Waals surface area (Å²) in [6, 6.07) is 4.05. The summed E-state index contributed by atoms with van der Waals surface area (Å²) in [5.41, 5.74) is 5.43. The maximum Gasteiger partial charge on any atom is 0.256 e. The lowest BCUT2D eigenvalue weighted by Gasteiger charge is -2.23. The fourth-order valence-electron chi connectivity index (χ4n) is 1.53. The van der Waals surface area contributed by atoms with E-state index in [0.29, 0.717) is 6.54 Å². The Labute approximate surface area is 111 Å². The summed E-state index contributed by atoms with van der Waals surface area (Å²) in [6.07, 6.45) is 0. The van der Waals surface area contributed by atoms with Crippen molar-refractivity contribution in [2.24, 2.45) is 0 Å². The number of hydrogen-bond acceptors (Lipinski definition) is 3. The first-order valence-electron chi connectivity index (χ1n) is 5.91. The molecular weight excluding hydrogens is 249 g/mol. The van der Waals surface area contributed by atoms with Crippen LogP contribution in [0.25, 0.3) is 0 Å². The minimum absolute atomic E-state index is 0.0573. The van der Waals surface area contributed by atoms with Gasteiger partial charge in [0.2, 0.25) is 5.91 Å². The van der Waals surface area contributed by atoms with E-state index in [9.17, 15) is 14.0 Å². The van der Waals surface area contributed by atoms with E-state index in [0.717, 1.165) is 0 Å². The number of rotatable bonds is 4. The Morgan fingerprint density at radius 1 is 1.32 bits per heavy atom. The molecule has 0 atom stereocenters. The van der Waals surface area contributed by atoms with Crippen LogP contribution in [0.15, 0.2) is 18.2 Å². The van der Waals surface area contributed by atoms with E-state index >= 15 is 0 Å². The summed E-state index contributed by atoms with van der Waals surface area (Å²) < 4.78 is 13.3. The van der Waals surface area contributed by atoms with Crippen molar-refractivity contribution in [1.82, 2.24) is 9.80 Å². The van der Waals surface area contributed by atoms with Crippen LogP contribution >= 0.6 is 0 Å². The molecule has 0 saturated carbocycles. The summed E-state index contributed by atoms with van der Waals surface area (Å²) in [7, 11) is 3.22. The van der Waals surface area contributed by atoms with Gasteiger partial charge in [0.25, 0.3) is 5.91 Å². The van der Waals surface area contributed by atoms with E-state index in [1.807, 2.05) is 0 Å². The molecule has 0 aromatic heterocycles. The smallest absolute Gasteiger partial charge is 0.256 e. The van der Waals surface area contributed by atoms with Crippen LogP contribution < -0.4 is 5.73 Å². The molecule has 2 N–H and O–H groups in total. The summed E-state index contributed by atoms with van der Waals surface area (Å²) in [6.45, 7) is 2.03. The predicted molar refractivity (Wildman–Crippen MR) is 71.1 cm³/mol. The maximum atomic E-state index is 13.3. The molecule has 0 bridgehead atoms. The average molecular weight is 267 g/mol. The van der Waals surface area contributed by atoms with Gasteiger partial charge in [0.15, 0.2) is 0 Å². The number of para-hydroxylation sites is 1. The molecule has 0 fully saturated rings. The van der Waals surface area contributed by atoms with Gasteiger partial charge >= 0.3 is 0 Å². The minimum Gasteiger partial charge on any atom is -0.396 e. The number of anilines is 1. The van der Waals surface area contributed by atoms with Gasteiger partial charge in [-0.05, 0) is 19.1 Å². The zero-order valence-corrected chi connectivity index (χ0v) is 11.3. The zero-order valence-electron chi connectivity index (χ0n) is 11.3. The fraction of sp³-hybridized carbons (Fsp3) is 0.385. The largest absolute Gasteiger partial charge is 0.396 e. The quantitative estimate of drug-likeness (QED) is 0.826. The van der Waals surface area contributed by atoms with E-state index < -0.39 is 11.7 Å². The van der Waals surface area contributed by atoms with Crippen molar-refractivity contribution < 1.29 is 14.0 Å². The summed E-state index contributed by atoms with van der Waals surface area (Å²) in [4.78, 5) is 26.6. The molecule has 0 aliphatic carbocycles. The van der Waals surface area contributed by atoms with Gasteiger partial charge < -0.3 is 15.5 Å². The highest BCUT2D eigenvalue weighted by Crippen LogP contribution is 2.17. The van der Waals surface area contributed by atoms with Crippen LogP contribution in [0.5, 0.6) is 0 Å². The van der Waals surface area contributed by atoms with Crippen molar-refractivity contribution in [2.45, 2.75) is 6.92 Å². The van der Waals surface area contributed by atoms with E-state index in [1.54, 1.807) is 21.0 Å². The number of carbonyl (C=O) groups is 2. The van der Waals surface area contributed by atoms with E-state index in [-0.39, 0.29) is 23.7 Å². The van der Waals surface area contributed by atoms with Crippen LogP contribution in [-0.2, 0) is 4.79 Å². The lowest BCUT2D eigenvalue weighted by molar-refractivity contribution is -0.129. The molecule has 0 radical (unpaired) electrons. The molecule has 19 heavy (non-hydrogen) atoms. The number of hydrogen-bond donors (Lipinski definition) is 1. The van der Waals surface area contributed by atoms with Crippen LogP contribution in [0.4, 0.5) is 10.1 Å². The first kappa shape index (κ1) is 14.9. The van der Waals surface area contributed by atoms with Gasteiger partial charge in [0, 0.05) is 20.6 Å². The SMILES string of the molecule is CCN(CC(=O)N(C)C)C(=O)c1cccc(F)c1N. The first-order valence-corrected chi connectivity index (χ1v) is 5.91. The number of halogens is 1. The number of nitrogens with two attached hydrogens (primary N) is 1. The first-order chi connectivity index (χ1) is 8.88. The van der Waals surface area contributed by atoms with Gasteiger partial charge in [-0.2, -0.15) is 0 Å². The Morgan fingerprint density at radius 3 is 2.47 bits per heavy atom. The van der Waals surface area contributed by atoms with Crippen molar-refractivity contribution in [3.8, 4) is 0 Å². The molecule has 0 aliphatic heterocycles. The molecule has 6 heteroatoms. The normalized spacial score (nSPS) is 10.1. The number of likely N-dealkylation sites (N-methyl/N-ethyl adjacent to an activating group) is 2. The second-order valence-corrected chi connectivity index (χ2v) is 4.31. The van der Waals surface area contributed by atoms with Crippen LogP contribution in [0.2, 0.25) is 0 Å². The number of nitrogen functional groups attached to an aromatic ring is 1. The van der Waals surface area contributed by atoms with Gasteiger partial charge in [0.05, 0.1) is 17.8 Å². The van der Waals surface area contributed by atoms with Crippen molar-refractivity contribution >= 4 is 17.5 Å².